The Hall–Kier alpha value is -0.570. The summed E-state index contributed by atoms with van der Waals surface area (Å²) in [5.74, 6) is 2.07. The molecule has 0 spiro atoms. The van der Waals surface area contributed by atoms with Crippen LogP contribution < -0.4 is 10.6 Å². The number of piperidine rings is 1. The standard InChI is InChI=1S/C14H28N2O/c1-11(2)6-8-16-14(17)9-12(3)13-5-4-7-15-10-13/h11-13,15H,4-10H2,1-3H3,(H,16,17). The third-order valence-electron chi connectivity index (χ3n) is 3.69. The van der Waals surface area contributed by atoms with Crippen LogP contribution >= 0.6 is 0 Å². The van der Waals surface area contributed by atoms with Crippen molar-refractivity contribution in [3.63, 3.8) is 0 Å². The Morgan fingerprint density at radius 1 is 1.41 bits per heavy atom. The van der Waals surface area contributed by atoms with E-state index in [0.29, 0.717) is 24.2 Å². The predicted molar refractivity (Wildman–Crippen MR) is 71.8 cm³/mol. The molecule has 1 saturated heterocycles. The number of hydrogen-bond acceptors (Lipinski definition) is 2. The van der Waals surface area contributed by atoms with Crippen LogP contribution in [0.15, 0.2) is 0 Å². The molecule has 1 rings (SSSR count). The van der Waals surface area contributed by atoms with Crippen LogP contribution in [0.4, 0.5) is 0 Å². The van der Waals surface area contributed by atoms with E-state index in [2.05, 4.69) is 31.4 Å². The van der Waals surface area contributed by atoms with Crippen LogP contribution in [0.2, 0.25) is 0 Å². The number of carbonyl (C=O) groups excluding carboxylic acids is 1. The zero-order valence-corrected chi connectivity index (χ0v) is 11.6. The van der Waals surface area contributed by atoms with Crippen molar-refractivity contribution in [3.05, 3.63) is 0 Å². The third-order valence-corrected chi connectivity index (χ3v) is 3.69. The maximum Gasteiger partial charge on any atom is 0.220 e. The van der Waals surface area contributed by atoms with E-state index >= 15 is 0 Å². The molecule has 0 aliphatic carbocycles. The molecule has 3 heteroatoms. The van der Waals surface area contributed by atoms with Gasteiger partial charge < -0.3 is 10.6 Å². The lowest BCUT2D eigenvalue weighted by Gasteiger charge is -2.28. The van der Waals surface area contributed by atoms with E-state index in [-0.39, 0.29) is 5.91 Å². The van der Waals surface area contributed by atoms with Crippen molar-refractivity contribution >= 4 is 5.91 Å². The molecular weight excluding hydrogens is 212 g/mol. The molecule has 1 amide bonds. The summed E-state index contributed by atoms with van der Waals surface area (Å²) in [5.41, 5.74) is 0. The summed E-state index contributed by atoms with van der Waals surface area (Å²) < 4.78 is 0. The normalized spacial score (nSPS) is 22.5. The summed E-state index contributed by atoms with van der Waals surface area (Å²) in [7, 11) is 0. The van der Waals surface area contributed by atoms with Gasteiger partial charge in [0, 0.05) is 13.0 Å². The Morgan fingerprint density at radius 2 is 2.18 bits per heavy atom. The lowest BCUT2D eigenvalue weighted by Crippen LogP contribution is -2.35. The number of rotatable bonds is 6. The van der Waals surface area contributed by atoms with Crippen LogP contribution in [0.25, 0.3) is 0 Å². The van der Waals surface area contributed by atoms with E-state index in [0.717, 1.165) is 26.1 Å². The summed E-state index contributed by atoms with van der Waals surface area (Å²) in [6, 6.07) is 0. The van der Waals surface area contributed by atoms with Gasteiger partial charge in [-0.1, -0.05) is 20.8 Å². The minimum absolute atomic E-state index is 0.226. The third kappa shape index (κ3) is 6.06. The van der Waals surface area contributed by atoms with Crippen LogP contribution in [-0.2, 0) is 4.79 Å². The first kappa shape index (κ1) is 14.5. The molecular formula is C14H28N2O. The van der Waals surface area contributed by atoms with Crippen molar-refractivity contribution < 1.29 is 4.79 Å². The second-order valence-corrected chi connectivity index (χ2v) is 5.82. The molecule has 2 N–H and O–H groups in total. The molecule has 0 aromatic heterocycles. The zero-order valence-electron chi connectivity index (χ0n) is 11.6. The fraction of sp³-hybridized carbons (Fsp3) is 0.929. The van der Waals surface area contributed by atoms with E-state index in [1.165, 1.54) is 12.8 Å². The number of carbonyl (C=O) groups is 1. The Labute approximate surface area is 106 Å². The first-order chi connectivity index (χ1) is 8.09. The first-order valence-electron chi connectivity index (χ1n) is 7.07. The fourth-order valence-corrected chi connectivity index (χ4v) is 2.40. The Kier molecular flexibility index (Phi) is 6.56. The van der Waals surface area contributed by atoms with Crippen molar-refractivity contribution in [1.29, 1.82) is 0 Å². The van der Waals surface area contributed by atoms with Crippen LogP contribution in [-0.4, -0.2) is 25.5 Å². The largest absolute Gasteiger partial charge is 0.356 e. The molecule has 1 aliphatic heterocycles. The lowest BCUT2D eigenvalue weighted by molar-refractivity contribution is -0.122. The van der Waals surface area contributed by atoms with Crippen molar-refractivity contribution in [2.24, 2.45) is 17.8 Å². The molecule has 1 fully saturated rings. The van der Waals surface area contributed by atoms with Gasteiger partial charge in [0.15, 0.2) is 0 Å². The quantitative estimate of drug-likeness (QED) is 0.747. The fourth-order valence-electron chi connectivity index (χ4n) is 2.40. The molecule has 2 unspecified atom stereocenters. The maximum atomic E-state index is 11.7. The van der Waals surface area contributed by atoms with Gasteiger partial charge in [-0.2, -0.15) is 0 Å². The van der Waals surface area contributed by atoms with E-state index < -0.39 is 0 Å². The van der Waals surface area contributed by atoms with Crippen molar-refractivity contribution in [2.75, 3.05) is 19.6 Å². The lowest BCUT2D eigenvalue weighted by atomic mass is 9.85. The van der Waals surface area contributed by atoms with Gasteiger partial charge in [0.05, 0.1) is 0 Å². The van der Waals surface area contributed by atoms with Gasteiger partial charge in [0.1, 0.15) is 0 Å². The Morgan fingerprint density at radius 3 is 2.76 bits per heavy atom. The molecule has 1 aliphatic rings. The van der Waals surface area contributed by atoms with Crippen molar-refractivity contribution in [1.82, 2.24) is 10.6 Å². The van der Waals surface area contributed by atoms with Crippen molar-refractivity contribution in [3.8, 4) is 0 Å². The molecule has 1 heterocycles. The summed E-state index contributed by atoms with van der Waals surface area (Å²) in [4.78, 5) is 11.7. The van der Waals surface area contributed by atoms with Gasteiger partial charge in [-0.25, -0.2) is 0 Å². The van der Waals surface area contributed by atoms with Crippen molar-refractivity contribution in [2.45, 2.75) is 46.5 Å². The molecule has 17 heavy (non-hydrogen) atoms. The molecule has 2 atom stereocenters. The second-order valence-electron chi connectivity index (χ2n) is 5.82. The molecule has 100 valence electrons. The minimum Gasteiger partial charge on any atom is -0.356 e. The highest BCUT2D eigenvalue weighted by Crippen LogP contribution is 2.22. The van der Waals surface area contributed by atoms with E-state index in [1.807, 2.05) is 0 Å². The zero-order chi connectivity index (χ0) is 12.7. The highest BCUT2D eigenvalue weighted by atomic mass is 16.1. The highest BCUT2D eigenvalue weighted by molar-refractivity contribution is 5.76. The molecule has 0 saturated carbocycles. The highest BCUT2D eigenvalue weighted by Gasteiger charge is 2.21. The van der Waals surface area contributed by atoms with Gasteiger partial charge in [0.25, 0.3) is 0 Å². The summed E-state index contributed by atoms with van der Waals surface area (Å²) in [6.07, 6.45) is 4.28. The number of hydrogen-bond donors (Lipinski definition) is 2. The molecule has 3 nitrogen and oxygen atoms in total. The second kappa shape index (κ2) is 7.70. The van der Waals surface area contributed by atoms with Crippen LogP contribution in [0, 0.1) is 17.8 Å². The summed E-state index contributed by atoms with van der Waals surface area (Å²) in [6.45, 7) is 9.63. The van der Waals surface area contributed by atoms with Gasteiger partial charge in [-0.05, 0) is 50.1 Å². The Balaban J connectivity index is 2.15. The smallest absolute Gasteiger partial charge is 0.220 e. The monoisotopic (exact) mass is 240 g/mol. The predicted octanol–water partition coefficient (Wildman–Crippen LogP) is 2.17. The number of nitrogens with one attached hydrogen (secondary N) is 2. The van der Waals surface area contributed by atoms with Crippen LogP contribution in [0.1, 0.15) is 46.5 Å². The van der Waals surface area contributed by atoms with E-state index in [4.69, 9.17) is 0 Å². The number of amides is 1. The average Bonchev–Trinajstić information content (AvgIpc) is 2.29. The van der Waals surface area contributed by atoms with Gasteiger partial charge in [0.2, 0.25) is 5.91 Å². The summed E-state index contributed by atoms with van der Waals surface area (Å²) >= 11 is 0. The molecule has 0 aromatic carbocycles. The van der Waals surface area contributed by atoms with Gasteiger partial charge >= 0.3 is 0 Å². The van der Waals surface area contributed by atoms with E-state index in [1.54, 1.807) is 0 Å². The van der Waals surface area contributed by atoms with Crippen LogP contribution in [0.5, 0.6) is 0 Å². The average molecular weight is 240 g/mol. The molecule has 0 radical (unpaired) electrons. The molecule has 0 bridgehead atoms. The topological polar surface area (TPSA) is 41.1 Å². The SMILES string of the molecule is CC(C)CCNC(=O)CC(C)C1CCCNC1. The van der Waals surface area contributed by atoms with Gasteiger partial charge in [-0.3, -0.25) is 4.79 Å². The summed E-state index contributed by atoms with van der Waals surface area (Å²) in [5, 5.41) is 6.44. The maximum absolute atomic E-state index is 11.7. The van der Waals surface area contributed by atoms with E-state index in [9.17, 15) is 4.79 Å². The van der Waals surface area contributed by atoms with Gasteiger partial charge in [-0.15, -0.1) is 0 Å². The minimum atomic E-state index is 0.226. The molecule has 0 aromatic rings. The Bertz CT molecular complexity index is 222. The first-order valence-corrected chi connectivity index (χ1v) is 7.07. The van der Waals surface area contributed by atoms with Crippen LogP contribution in [0.3, 0.4) is 0 Å².